The standard InChI is InChI=1S/C28H22F4N4O4S/c1-2-21-35-17-8-5-14(9-18(17)41-21)24(37)34-12-27(39,28(30,31)32)19-10-16-23(40-20-11-26(16,20)25(33)38)22(36-19)13-3-6-15(29)7-4-13/h3-10,20,39H,2,11-12H2,1H3,(H2,33,38)(H,34,37)/t20?,26-,27?/m1/s1. The lowest BCUT2D eigenvalue weighted by atomic mass is 9.89. The van der Waals surface area contributed by atoms with E-state index in [1.807, 2.05) is 6.92 Å². The molecule has 4 aromatic rings. The molecule has 1 saturated carbocycles. The maximum atomic E-state index is 14.6. The molecule has 0 spiro atoms. The van der Waals surface area contributed by atoms with Crippen molar-refractivity contribution in [3.63, 3.8) is 0 Å². The normalized spacial score (nSPS) is 20.6. The summed E-state index contributed by atoms with van der Waals surface area (Å²) in [5.41, 5.74) is 0.585. The van der Waals surface area contributed by atoms with Crippen molar-refractivity contribution in [1.82, 2.24) is 15.3 Å². The number of rotatable bonds is 7. The number of aliphatic hydroxyl groups is 1. The third-order valence-electron chi connectivity index (χ3n) is 7.56. The molecule has 1 aliphatic carbocycles. The van der Waals surface area contributed by atoms with Crippen LogP contribution in [0.15, 0.2) is 48.5 Å². The number of amides is 2. The minimum absolute atomic E-state index is 0.0354. The first-order valence-electron chi connectivity index (χ1n) is 12.6. The summed E-state index contributed by atoms with van der Waals surface area (Å²) in [6.07, 6.45) is -5.15. The van der Waals surface area contributed by atoms with Crippen LogP contribution in [0.2, 0.25) is 0 Å². The topological polar surface area (TPSA) is 127 Å². The monoisotopic (exact) mass is 586 g/mol. The Balaban J connectivity index is 1.40. The molecular formula is C28H22F4N4O4S. The highest BCUT2D eigenvalue weighted by Gasteiger charge is 2.69. The van der Waals surface area contributed by atoms with E-state index < -0.39 is 53.2 Å². The number of hydrogen-bond acceptors (Lipinski definition) is 7. The fourth-order valence-corrected chi connectivity index (χ4v) is 6.05. The van der Waals surface area contributed by atoms with E-state index in [1.54, 1.807) is 6.07 Å². The number of nitrogens with one attached hydrogen (secondary N) is 1. The molecule has 1 aliphatic heterocycles. The maximum Gasteiger partial charge on any atom is 0.424 e. The number of hydrogen-bond donors (Lipinski definition) is 3. The number of aromatic nitrogens is 2. The van der Waals surface area contributed by atoms with E-state index >= 15 is 0 Å². The molecule has 2 amide bonds. The summed E-state index contributed by atoms with van der Waals surface area (Å²) in [6.45, 7) is 0.650. The van der Waals surface area contributed by atoms with Gasteiger partial charge in [0, 0.05) is 23.1 Å². The van der Waals surface area contributed by atoms with E-state index in [4.69, 9.17) is 10.5 Å². The summed E-state index contributed by atoms with van der Waals surface area (Å²) >= 11 is 1.37. The molecule has 4 N–H and O–H groups in total. The summed E-state index contributed by atoms with van der Waals surface area (Å²) in [5, 5.41) is 14.2. The first-order valence-corrected chi connectivity index (χ1v) is 13.4. The molecule has 2 aromatic heterocycles. The van der Waals surface area contributed by atoms with Crippen molar-refractivity contribution in [3.8, 4) is 17.0 Å². The van der Waals surface area contributed by atoms with Gasteiger partial charge in [-0.25, -0.2) is 14.4 Å². The molecule has 212 valence electrons. The van der Waals surface area contributed by atoms with Crippen LogP contribution in [0.1, 0.15) is 40.0 Å². The maximum absolute atomic E-state index is 14.6. The lowest BCUT2D eigenvalue weighted by Crippen LogP contribution is -2.51. The largest absolute Gasteiger partial charge is 0.486 e. The van der Waals surface area contributed by atoms with Gasteiger partial charge in [0.15, 0.2) is 5.75 Å². The third kappa shape index (κ3) is 4.22. The molecule has 0 radical (unpaired) electrons. The van der Waals surface area contributed by atoms with Gasteiger partial charge in [-0.3, -0.25) is 9.59 Å². The predicted octanol–water partition coefficient (Wildman–Crippen LogP) is 4.13. The highest BCUT2D eigenvalue weighted by atomic mass is 32.1. The lowest BCUT2D eigenvalue weighted by molar-refractivity contribution is -0.265. The zero-order chi connectivity index (χ0) is 29.3. The van der Waals surface area contributed by atoms with Crippen LogP contribution >= 0.6 is 11.3 Å². The summed E-state index contributed by atoms with van der Waals surface area (Å²) in [4.78, 5) is 33.8. The van der Waals surface area contributed by atoms with Gasteiger partial charge in [0.25, 0.3) is 5.91 Å². The molecule has 6 rings (SSSR count). The number of benzene rings is 2. The van der Waals surface area contributed by atoms with Gasteiger partial charge in [-0.1, -0.05) is 6.92 Å². The van der Waals surface area contributed by atoms with Gasteiger partial charge < -0.3 is 20.9 Å². The van der Waals surface area contributed by atoms with Crippen LogP contribution in [0.4, 0.5) is 17.6 Å². The van der Waals surface area contributed by atoms with Crippen molar-refractivity contribution < 1.29 is 37.0 Å². The Kier molecular flexibility index (Phi) is 6.09. The van der Waals surface area contributed by atoms with E-state index in [-0.39, 0.29) is 34.6 Å². The number of alkyl halides is 3. The lowest BCUT2D eigenvalue weighted by Gasteiger charge is -2.31. The number of aryl methyl sites for hydroxylation is 1. The number of halogens is 4. The third-order valence-corrected chi connectivity index (χ3v) is 8.73. The molecular weight excluding hydrogens is 564 g/mol. The summed E-state index contributed by atoms with van der Waals surface area (Å²) in [6, 6.07) is 10.3. The van der Waals surface area contributed by atoms with Crippen molar-refractivity contribution in [3.05, 3.63) is 76.2 Å². The number of nitrogens with two attached hydrogens (primary N) is 1. The minimum Gasteiger partial charge on any atom is -0.486 e. The zero-order valence-corrected chi connectivity index (χ0v) is 22.2. The molecule has 2 unspecified atom stereocenters. The summed E-state index contributed by atoms with van der Waals surface area (Å²) in [7, 11) is 0. The Morgan fingerprint density at radius 3 is 2.56 bits per heavy atom. The van der Waals surface area contributed by atoms with E-state index in [2.05, 4.69) is 15.3 Å². The van der Waals surface area contributed by atoms with E-state index in [0.717, 1.165) is 23.2 Å². The van der Waals surface area contributed by atoms with E-state index in [9.17, 15) is 32.3 Å². The molecule has 2 aromatic carbocycles. The number of fused-ring (bicyclic) bond motifs is 4. The van der Waals surface area contributed by atoms with Crippen LogP contribution in [-0.4, -0.2) is 45.7 Å². The second-order valence-electron chi connectivity index (χ2n) is 10.1. The number of carbonyl (C=O) groups excluding carboxylic acids is 2. The number of thiazole rings is 1. The first kappa shape index (κ1) is 27.1. The smallest absolute Gasteiger partial charge is 0.424 e. The quantitative estimate of drug-likeness (QED) is 0.280. The van der Waals surface area contributed by atoms with Gasteiger partial charge in [0.1, 0.15) is 23.0 Å². The molecule has 41 heavy (non-hydrogen) atoms. The van der Waals surface area contributed by atoms with Crippen molar-refractivity contribution >= 4 is 33.4 Å². The second kappa shape index (κ2) is 9.21. The molecule has 13 heteroatoms. The van der Waals surface area contributed by atoms with Crippen LogP contribution in [0.25, 0.3) is 21.5 Å². The Hall–Kier alpha value is -4.10. The Bertz CT molecular complexity index is 1720. The number of ether oxygens (including phenoxy) is 1. The first-order chi connectivity index (χ1) is 19.4. The Labute approximate surface area is 234 Å². The SMILES string of the molecule is CCc1nc2ccc(C(=O)NCC(O)(c3cc4c(c(-c5ccc(F)cc5)n3)OC3C[C@@]43C(N)=O)C(F)(F)F)cc2s1. The molecule has 8 nitrogen and oxygen atoms in total. The Morgan fingerprint density at radius 1 is 1.17 bits per heavy atom. The molecule has 0 saturated heterocycles. The molecule has 3 heterocycles. The molecule has 3 atom stereocenters. The highest BCUT2D eigenvalue weighted by Crippen LogP contribution is 2.61. The fraction of sp³-hybridized carbons (Fsp3) is 0.286. The van der Waals surface area contributed by atoms with Crippen LogP contribution < -0.4 is 15.8 Å². The van der Waals surface area contributed by atoms with Gasteiger partial charge in [-0.05, 0) is 55.0 Å². The summed E-state index contributed by atoms with van der Waals surface area (Å²) < 4.78 is 63.9. The second-order valence-corrected chi connectivity index (χ2v) is 11.2. The Morgan fingerprint density at radius 2 is 1.90 bits per heavy atom. The predicted molar refractivity (Wildman–Crippen MR) is 141 cm³/mol. The van der Waals surface area contributed by atoms with Gasteiger partial charge in [-0.15, -0.1) is 11.3 Å². The minimum atomic E-state index is -5.30. The van der Waals surface area contributed by atoms with Crippen molar-refractivity contribution in [2.75, 3.05) is 6.54 Å². The van der Waals surface area contributed by atoms with Gasteiger partial charge in [0.2, 0.25) is 11.5 Å². The van der Waals surface area contributed by atoms with Crippen LogP contribution in [0, 0.1) is 5.82 Å². The summed E-state index contributed by atoms with van der Waals surface area (Å²) in [5.74, 6) is -2.19. The zero-order valence-electron chi connectivity index (χ0n) is 21.4. The van der Waals surface area contributed by atoms with E-state index in [1.165, 1.54) is 35.6 Å². The number of pyridine rings is 1. The number of nitrogens with zero attached hydrogens (tertiary/aromatic N) is 2. The average molecular weight is 587 g/mol. The van der Waals surface area contributed by atoms with Crippen LogP contribution in [0.3, 0.4) is 0 Å². The van der Waals surface area contributed by atoms with E-state index in [0.29, 0.717) is 16.6 Å². The fourth-order valence-electron chi connectivity index (χ4n) is 5.10. The molecule has 1 fully saturated rings. The van der Waals surface area contributed by atoms with Gasteiger partial charge in [0.05, 0.1) is 27.5 Å². The van der Waals surface area contributed by atoms with Crippen LogP contribution in [-0.2, 0) is 22.2 Å². The van der Waals surface area contributed by atoms with Gasteiger partial charge in [-0.2, -0.15) is 13.2 Å². The van der Waals surface area contributed by atoms with Crippen molar-refractivity contribution in [2.24, 2.45) is 5.73 Å². The van der Waals surface area contributed by atoms with Crippen LogP contribution in [0.5, 0.6) is 5.75 Å². The number of carbonyl (C=O) groups is 2. The molecule has 0 bridgehead atoms. The number of primary amides is 1. The molecule has 2 aliphatic rings. The van der Waals surface area contributed by atoms with Crippen molar-refractivity contribution in [2.45, 2.75) is 43.1 Å². The van der Waals surface area contributed by atoms with Crippen molar-refractivity contribution in [1.29, 1.82) is 0 Å². The average Bonchev–Trinajstić information content (AvgIpc) is 3.36. The van der Waals surface area contributed by atoms with Gasteiger partial charge >= 0.3 is 6.18 Å². The highest BCUT2D eigenvalue weighted by molar-refractivity contribution is 7.18.